The van der Waals surface area contributed by atoms with Crippen LogP contribution in [-0.2, 0) is 0 Å². The number of hydrogen-bond acceptors (Lipinski definition) is 6. The van der Waals surface area contributed by atoms with Gasteiger partial charge in [-0.2, -0.15) is 0 Å². The molecule has 0 radical (unpaired) electrons. The van der Waals surface area contributed by atoms with Crippen molar-refractivity contribution in [1.82, 2.24) is 19.9 Å². The highest BCUT2D eigenvalue weighted by atomic mass is 35.5. The molecule has 0 bridgehead atoms. The third-order valence-electron chi connectivity index (χ3n) is 3.94. The number of halogens is 2. The van der Waals surface area contributed by atoms with Crippen LogP contribution in [0.5, 0.6) is 5.88 Å². The van der Waals surface area contributed by atoms with Gasteiger partial charge in [-0.05, 0) is 38.4 Å². The predicted molar refractivity (Wildman–Crippen MR) is 114 cm³/mol. The maximum Gasteiger partial charge on any atom is 0.257 e. The van der Waals surface area contributed by atoms with Crippen LogP contribution < -0.4 is 10.1 Å². The van der Waals surface area contributed by atoms with Crippen molar-refractivity contribution in [2.24, 2.45) is 0 Å². The second-order valence-corrected chi connectivity index (χ2v) is 7.25. The molecule has 1 amide bonds. The highest BCUT2D eigenvalue weighted by molar-refractivity contribution is 6.42. The van der Waals surface area contributed by atoms with Crippen LogP contribution in [0.4, 0.5) is 5.69 Å². The molecule has 1 aromatic carbocycles. The van der Waals surface area contributed by atoms with E-state index in [9.17, 15) is 4.79 Å². The average Bonchev–Trinajstić information content (AvgIpc) is 2.71. The molecule has 0 saturated heterocycles. The third-order valence-corrected chi connectivity index (χ3v) is 4.68. The number of pyridine rings is 1. The lowest BCUT2D eigenvalue weighted by Gasteiger charge is -2.14. The molecule has 0 aliphatic rings. The summed E-state index contributed by atoms with van der Waals surface area (Å²) in [6.45, 7) is 1.18. The largest absolute Gasteiger partial charge is 0.476 e. The summed E-state index contributed by atoms with van der Waals surface area (Å²) in [7, 11) is 3.92. The van der Waals surface area contributed by atoms with E-state index in [0.29, 0.717) is 44.9 Å². The topological polar surface area (TPSA) is 80.2 Å². The molecule has 0 fully saturated rings. The zero-order valence-corrected chi connectivity index (χ0v) is 17.4. The summed E-state index contributed by atoms with van der Waals surface area (Å²) in [6.07, 6.45) is 6.18. The van der Waals surface area contributed by atoms with Gasteiger partial charge >= 0.3 is 0 Å². The van der Waals surface area contributed by atoms with Crippen LogP contribution >= 0.6 is 23.2 Å². The van der Waals surface area contributed by atoms with Gasteiger partial charge < -0.3 is 15.0 Å². The minimum absolute atomic E-state index is 0.339. The van der Waals surface area contributed by atoms with Crippen molar-refractivity contribution in [2.75, 3.05) is 32.6 Å². The summed E-state index contributed by atoms with van der Waals surface area (Å²) in [4.78, 5) is 27.1. The van der Waals surface area contributed by atoms with E-state index >= 15 is 0 Å². The second kappa shape index (κ2) is 9.65. The van der Waals surface area contributed by atoms with Gasteiger partial charge in [0.1, 0.15) is 12.9 Å². The van der Waals surface area contributed by atoms with Crippen molar-refractivity contribution in [3.63, 3.8) is 0 Å². The molecule has 0 spiro atoms. The van der Waals surface area contributed by atoms with Gasteiger partial charge in [0.2, 0.25) is 5.88 Å². The quantitative estimate of drug-likeness (QED) is 0.607. The Labute approximate surface area is 178 Å². The fraction of sp³-hybridized carbons (Fsp3) is 0.200. The Morgan fingerprint density at radius 3 is 2.55 bits per heavy atom. The highest BCUT2D eigenvalue weighted by Gasteiger charge is 2.15. The first-order valence-electron chi connectivity index (χ1n) is 8.73. The number of aromatic nitrogens is 3. The maximum absolute atomic E-state index is 12.7. The first kappa shape index (κ1) is 21.0. The Bertz CT molecular complexity index is 999. The van der Waals surface area contributed by atoms with E-state index in [4.69, 9.17) is 27.9 Å². The number of hydrogen-bond donors (Lipinski definition) is 1. The van der Waals surface area contributed by atoms with Crippen molar-refractivity contribution < 1.29 is 9.53 Å². The molecule has 3 aromatic rings. The van der Waals surface area contributed by atoms with Crippen molar-refractivity contribution in [1.29, 1.82) is 0 Å². The van der Waals surface area contributed by atoms with Crippen molar-refractivity contribution in [3.8, 4) is 17.0 Å². The van der Waals surface area contributed by atoms with Crippen LogP contribution in [0.2, 0.25) is 10.0 Å². The summed E-state index contributed by atoms with van der Waals surface area (Å²) in [5.41, 5.74) is 2.21. The van der Waals surface area contributed by atoms with Gasteiger partial charge in [-0.25, -0.2) is 15.0 Å². The Morgan fingerprint density at radius 2 is 1.86 bits per heavy atom. The van der Waals surface area contributed by atoms with E-state index < -0.39 is 0 Å². The van der Waals surface area contributed by atoms with Gasteiger partial charge in [-0.15, -0.1) is 0 Å². The van der Waals surface area contributed by atoms with Gasteiger partial charge in [0.25, 0.3) is 5.91 Å². The van der Waals surface area contributed by atoms with Crippen molar-refractivity contribution in [3.05, 3.63) is 64.8 Å². The molecular formula is C20H19Cl2N5O2. The SMILES string of the molecule is CN(C)CCOc1ncc(C(=O)Nc2ccc(Cl)c(Cl)c2)cc1-c1cncnc1. The molecule has 3 rings (SSSR count). The number of nitrogens with one attached hydrogen (secondary N) is 1. The second-order valence-electron chi connectivity index (χ2n) is 6.44. The lowest BCUT2D eigenvalue weighted by Crippen LogP contribution is -2.20. The minimum Gasteiger partial charge on any atom is -0.476 e. The van der Waals surface area contributed by atoms with E-state index in [2.05, 4.69) is 20.3 Å². The molecule has 1 N–H and O–H groups in total. The van der Waals surface area contributed by atoms with Crippen molar-refractivity contribution >= 4 is 34.8 Å². The molecule has 0 aliphatic heterocycles. The van der Waals surface area contributed by atoms with Crippen LogP contribution in [0.1, 0.15) is 10.4 Å². The monoisotopic (exact) mass is 431 g/mol. The number of anilines is 1. The maximum atomic E-state index is 12.7. The lowest BCUT2D eigenvalue weighted by molar-refractivity contribution is 0.102. The zero-order valence-electron chi connectivity index (χ0n) is 15.9. The third kappa shape index (κ3) is 5.63. The Kier molecular flexibility index (Phi) is 6.98. The van der Waals surface area contributed by atoms with Gasteiger partial charge in [-0.1, -0.05) is 23.2 Å². The fourth-order valence-corrected chi connectivity index (χ4v) is 2.74. The van der Waals surface area contributed by atoms with Crippen LogP contribution in [0, 0.1) is 0 Å². The van der Waals surface area contributed by atoms with Gasteiger partial charge in [0.15, 0.2) is 0 Å². The molecule has 0 saturated carbocycles. The Balaban J connectivity index is 1.87. The normalized spacial score (nSPS) is 10.8. The number of benzene rings is 1. The van der Waals surface area contributed by atoms with Gasteiger partial charge in [-0.3, -0.25) is 4.79 Å². The number of likely N-dealkylation sites (N-methyl/N-ethyl adjacent to an activating group) is 1. The molecule has 0 unspecified atom stereocenters. The van der Waals surface area contributed by atoms with Gasteiger partial charge in [0.05, 0.1) is 15.6 Å². The van der Waals surface area contributed by atoms with E-state index in [1.54, 1.807) is 36.7 Å². The zero-order chi connectivity index (χ0) is 20.8. The smallest absolute Gasteiger partial charge is 0.257 e. The average molecular weight is 432 g/mol. The molecule has 0 aliphatic carbocycles. The molecule has 150 valence electrons. The molecule has 2 aromatic heterocycles. The number of carbonyl (C=O) groups excluding carboxylic acids is 1. The van der Waals surface area contributed by atoms with Crippen LogP contribution in [0.3, 0.4) is 0 Å². The lowest BCUT2D eigenvalue weighted by atomic mass is 10.1. The van der Waals surface area contributed by atoms with Crippen molar-refractivity contribution in [2.45, 2.75) is 0 Å². The highest BCUT2D eigenvalue weighted by Crippen LogP contribution is 2.29. The fourth-order valence-electron chi connectivity index (χ4n) is 2.44. The summed E-state index contributed by atoms with van der Waals surface area (Å²) in [6, 6.07) is 6.57. The summed E-state index contributed by atoms with van der Waals surface area (Å²) in [5, 5.41) is 3.55. The molecule has 2 heterocycles. The van der Waals surface area contributed by atoms with E-state index in [1.165, 1.54) is 12.5 Å². The first-order valence-corrected chi connectivity index (χ1v) is 9.49. The molecular weight excluding hydrogens is 413 g/mol. The Morgan fingerprint density at radius 1 is 1.10 bits per heavy atom. The standard InChI is InChI=1S/C20H19Cl2N5O2/c1-27(2)5-6-29-20-16(14-9-23-12-24-10-14)7-13(11-25-20)19(28)26-15-3-4-17(21)18(22)8-15/h3-4,7-12H,5-6H2,1-2H3,(H,26,28). The number of nitrogens with zero attached hydrogens (tertiary/aromatic N) is 4. The summed E-state index contributed by atoms with van der Waals surface area (Å²) < 4.78 is 5.81. The Hall–Kier alpha value is -2.74. The number of rotatable bonds is 7. The molecule has 0 atom stereocenters. The van der Waals surface area contributed by atoms with Gasteiger partial charge in [0, 0.05) is 41.9 Å². The molecule has 9 heteroatoms. The summed E-state index contributed by atoms with van der Waals surface area (Å²) >= 11 is 11.9. The number of amides is 1. The number of ether oxygens (including phenoxy) is 1. The molecule has 29 heavy (non-hydrogen) atoms. The minimum atomic E-state index is -0.339. The van der Waals surface area contributed by atoms with Crippen LogP contribution in [0.25, 0.3) is 11.1 Å². The van der Waals surface area contributed by atoms with Crippen LogP contribution in [-0.4, -0.2) is 53.0 Å². The molecule has 7 nitrogen and oxygen atoms in total. The van der Waals surface area contributed by atoms with E-state index in [-0.39, 0.29) is 5.91 Å². The summed E-state index contributed by atoms with van der Waals surface area (Å²) in [5.74, 6) is 0.0709. The number of carbonyl (C=O) groups is 1. The van der Waals surface area contributed by atoms with E-state index in [1.807, 2.05) is 19.0 Å². The predicted octanol–water partition coefficient (Wildman–Crippen LogP) is 4.04. The van der Waals surface area contributed by atoms with E-state index in [0.717, 1.165) is 6.54 Å². The van der Waals surface area contributed by atoms with Crippen LogP contribution in [0.15, 0.2) is 49.2 Å². The first-order chi connectivity index (χ1) is 13.9.